The van der Waals surface area contributed by atoms with E-state index in [2.05, 4.69) is 26.1 Å². The third-order valence-corrected chi connectivity index (χ3v) is 3.72. The van der Waals surface area contributed by atoms with E-state index in [-0.39, 0.29) is 0 Å². The minimum atomic E-state index is 0.865. The molecule has 0 heterocycles. The zero-order chi connectivity index (χ0) is 16.0. The number of nitrogens with one attached hydrogen (secondary N) is 1. The fourth-order valence-electron chi connectivity index (χ4n) is 2.23. The van der Waals surface area contributed by atoms with Crippen LogP contribution in [0.1, 0.15) is 104 Å². The van der Waals surface area contributed by atoms with E-state index in [1.807, 2.05) is 0 Å². The van der Waals surface area contributed by atoms with E-state index in [1.54, 1.807) is 0 Å². The van der Waals surface area contributed by atoms with E-state index in [1.165, 1.54) is 96.6 Å². The number of rotatable bonds is 15. The second-order valence-corrected chi connectivity index (χ2v) is 6.07. The van der Waals surface area contributed by atoms with Gasteiger partial charge in [0.2, 0.25) is 0 Å². The smallest absolute Gasteiger partial charge is 0.00489 e. The summed E-state index contributed by atoms with van der Waals surface area (Å²) in [6.45, 7) is 10.1. The minimum Gasteiger partial charge on any atom is -0.330 e. The Kier molecular flexibility index (Phi) is 27.5. The summed E-state index contributed by atoms with van der Waals surface area (Å²) in [5.74, 6) is 0. The van der Waals surface area contributed by atoms with Gasteiger partial charge in [-0.2, -0.15) is 0 Å². The van der Waals surface area contributed by atoms with Crippen molar-refractivity contribution in [3.63, 3.8) is 0 Å². The van der Waals surface area contributed by atoms with Crippen molar-refractivity contribution in [1.29, 1.82) is 0 Å². The van der Waals surface area contributed by atoms with E-state index >= 15 is 0 Å². The van der Waals surface area contributed by atoms with Crippen LogP contribution >= 0.6 is 0 Å². The maximum Gasteiger partial charge on any atom is -0.00489 e. The first-order valence-corrected chi connectivity index (χ1v) is 9.74. The molecule has 0 aliphatic rings. The molecule has 0 atom stereocenters. The van der Waals surface area contributed by atoms with Gasteiger partial charge in [-0.25, -0.2) is 0 Å². The monoisotopic (exact) mass is 300 g/mol. The average Bonchev–Trinajstić information content (AvgIpc) is 2.51. The molecule has 0 bridgehead atoms. The quantitative estimate of drug-likeness (QED) is 0.383. The first-order chi connectivity index (χ1) is 10.3. The Morgan fingerprint density at radius 2 is 0.905 bits per heavy atom. The largest absolute Gasteiger partial charge is 0.330 e. The fraction of sp³-hybridized carbons (Fsp3) is 1.00. The highest BCUT2D eigenvalue weighted by atomic mass is 14.8. The van der Waals surface area contributed by atoms with Crippen LogP contribution in [0, 0.1) is 0 Å². The normalized spacial score (nSPS) is 10.3. The predicted octanol–water partition coefficient (Wildman–Crippen LogP) is 5.65. The second kappa shape index (κ2) is 24.9. The van der Waals surface area contributed by atoms with Crippen LogP contribution in [-0.4, -0.2) is 19.6 Å². The van der Waals surface area contributed by atoms with Crippen LogP contribution < -0.4 is 11.1 Å². The first-order valence-electron chi connectivity index (χ1n) is 9.74. The van der Waals surface area contributed by atoms with Crippen LogP contribution in [0.25, 0.3) is 0 Å². The third-order valence-electron chi connectivity index (χ3n) is 3.72. The topological polar surface area (TPSA) is 38.0 Å². The summed E-state index contributed by atoms with van der Waals surface area (Å²) in [6.07, 6.45) is 17.6. The SMILES string of the molecule is CCCCCCCN.CCCCCCNCCCCCC. The Labute approximate surface area is 135 Å². The molecular weight excluding hydrogens is 256 g/mol. The molecule has 0 radical (unpaired) electrons. The van der Waals surface area contributed by atoms with Gasteiger partial charge in [-0.05, 0) is 38.9 Å². The van der Waals surface area contributed by atoms with Gasteiger partial charge >= 0.3 is 0 Å². The molecule has 2 nitrogen and oxygen atoms in total. The lowest BCUT2D eigenvalue weighted by molar-refractivity contribution is 0.564. The molecule has 0 aliphatic heterocycles. The Balaban J connectivity index is 0. The lowest BCUT2D eigenvalue weighted by Crippen LogP contribution is -2.16. The summed E-state index contributed by atoms with van der Waals surface area (Å²) in [4.78, 5) is 0. The van der Waals surface area contributed by atoms with Gasteiger partial charge < -0.3 is 11.1 Å². The summed E-state index contributed by atoms with van der Waals surface area (Å²) >= 11 is 0. The summed E-state index contributed by atoms with van der Waals surface area (Å²) < 4.78 is 0. The molecule has 3 N–H and O–H groups in total. The average molecular weight is 301 g/mol. The van der Waals surface area contributed by atoms with Crippen molar-refractivity contribution >= 4 is 0 Å². The van der Waals surface area contributed by atoms with E-state index in [4.69, 9.17) is 5.73 Å². The molecule has 0 aromatic rings. The van der Waals surface area contributed by atoms with Gasteiger partial charge in [-0.15, -0.1) is 0 Å². The number of hydrogen-bond donors (Lipinski definition) is 2. The summed E-state index contributed by atoms with van der Waals surface area (Å²) in [5.41, 5.74) is 5.31. The molecule has 0 rings (SSSR count). The standard InChI is InChI=1S/C12H27N.C7H17N/c1-3-5-7-9-11-13-12-10-8-6-4-2;1-2-3-4-5-6-7-8/h13H,3-12H2,1-2H3;2-8H2,1H3. The van der Waals surface area contributed by atoms with Crippen LogP contribution in [0.2, 0.25) is 0 Å². The van der Waals surface area contributed by atoms with Crippen LogP contribution in [0.5, 0.6) is 0 Å². The Morgan fingerprint density at radius 3 is 1.29 bits per heavy atom. The highest BCUT2D eigenvalue weighted by Crippen LogP contribution is 2.00. The molecular formula is C19H44N2. The highest BCUT2D eigenvalue weighted by Gasteiger charge is 1.89. The number of unbranched alkanes of at least 4 members (excludes halogenated alkanes) is 10. The molecule has 0 saturated heterocycles. The zero-order valence-corrected chi connectivity index (χ0v) is 15.4. The minimum absolute atomic E-state index is 0.865. The van der Waals surface area contributed by atoms with Crippen LogP contribution in [0.3, 0.4) is 0 Å². The molecule has 0 saturated carbocycles. The lowest BCUT2D eigenvalue weighted by Gasteiger charge is -2.03. The Hall–Kier alpha value is -0.0800. The van der Waals surface area contributed by atoms with E-state index in [0.717, 1.165) is 6.54 Å². The van der Waals surface area contributed by atoms with Gasteiger partial charge in [0.1, 0.15) is 0 Å². The van der Waals surface area contributed by atoms with Gasteiger partial charge in [0, 0.05) is 0 Å². The number of nitrogens with two attached hydrogens (primary N) is 1. The molecule has 0 aliphatic carbocycles. The summed E-state index contributed by atoms with van der Waals surface area (Å²) in [7, 11) is 0. The predicted molar refractivity (Wildman–Crippen MR) is 99.0 cm³/mol. The fourth-order valence-corrected chi connectivity index (χ4v) is 2.23. The maximum absolute atomic E-state index is 5.31. The van der Waals surface area contributed by atoms with Gasteiger partial charge in [0.15, 0.2) is 0 Å². The molecule has 0 unspecified atom stereocenters. The van der Waals surface area contributed by atoms with Crippen LogP contribution in [0.4, 0.5) is 0 Å². The van der Waals surface area contributed by atoms with Crippen molar-refractivity contribution in [2.24, 2.45) is 5.73 Å². The zero-order valence-electron chi connectivity index (χ0n) is 15.4. The molecule has 2 heteroatoms. The Bertz CT molecular complexity index is 133. The van der Waals surface area contributed by atoms with E-state index in [0.29, 0.717) is 0 Å². The van der Waals surface area contributed by atoms with E-state index in [9.17, 15) is 0 Å². The van der Waals surface area contributed by atoms with Crippen molar-refractivity contribution in [1.82, 2.24) is 5.32 Å². The van der Waals surface area contributed by atoms with Gasteiger partial charge in [0.25, 0.3) is 0 Å². The van der Waals surface area contributed by atoms with Crippen molar-refractivity contribution in [3.05, 3.63) is 0 Å². The van der Waals surface area contributed by atoms with Gasteiger partial charge in [-0.1, -0.05) is 85.0 Å². The molecule has 130 valence electrons. The highest BCUT2D eigenvalue weighted by molar-refractivity contribution is 4.49. The lowest BCUT2D eigenvalue weighted by atomic mass is 10.2. The molecule has 0 aromatic heterocycles. The Morgan fingerprint density at radius 1 is 0.524 bits per heavy atom. The van der Waals surface area contributed by atoms with Gasteiger partial charge in [-0.3, -0.25) is 0 Å². The second-order valence-electron chi connectivity index (χ2n) is 6.07. The molecule has 0 aromatic carbocycles. The molecule has 0 amide bonds. The van der Waals surface area contributed by atoms with Gasteiger partial charge in [0.05, 0.1) is 0 Å². The van der Waals surface area contributed by atoms with Crippen molar-refractivity contribution < 1.29 is 0 Å². The number of hydrogen-bond acceptors (Lipinski definition) is 2. The van der Waals surface area contributed by atoms with Crippen molar-refractivity contribution in [2.75, 3.05) is 19.6 Å². The molecule has 21 heavy (non-hydrogen) atoms. The first kappa shape index (κ1) is 23.2. The van der Waals surface area contributed by atoms with Crippen LogP contribution in [0.15, 0.2) is 0 Å². The van der Waals surface area contributed by atoms with Crippen molar-refractivity contribution in [2.45, 2.75) is 104 Å². The van der Waals surface area contributed by atoms with Crippen LogP contribution in [-0.2, 0) is 0 Å². The van der Waals surface area contributed by atoms with E-state index < -0.39 is 0 Å². The molecule has 0 spiro atoms. The summed E-state index contributed by atoms with van der Waals surface area (Å²) in [5, 5.41) is 3.50. The molecule has 0 fully saturated rings. The van der Waals surface area contributed by atoms with Crippen molar-refractivity contribution in [3.8, 4) is 0 Å². The summed E-state index contributed by atoms with van der Waals surface area (Å²) in [6, 6.07) is 0. The maximum atomic E-state index is 5.31. The third kappa shape index (κ3) is 28.7.